The first-order valence-electron chi connectivity index (χ1n) is 7.03. The van der Waals surface area contributed by atoms with Gasteiger partial charge in [-0.15, -0.1) is 0 Å². The van der Waals surface area contributed by atoms with Gasteiger partial charge in [-0.25, -0.2) is 4.99 Å². The van der Waals surface area contributed by atoms with Crippen molar-refractivity contribution in [3.63, 3.8) is 0 Å². The highest BCUT2D eigenvalue weighted by molar-refractivity contribution is 5.92. The van der Waals surface area contributed by atoms with Crippen LogP contribution in [0.5, 0.6) is 0 Å². The van der Waals surface area contributed by atoms with Crippen LogP contribution in [0.15, 0.2) is 29.3 Å². The highest BCUT2D eigenvalue weighted by Crippen LogP contribution is 2.28. The molecule has 0 spiro atoms. The van der Waals surface area contributed by atoms with Crippen LogP contribution in [0.25, 0.3) is 0 Å². The number of amides is 1. The van der Waals surface area contributed by atoms with Gasteiger partial charge in [-0.05, 0) is 37.0 Å². The second-order valence-electron chi connectivity index (χ2n) is 5.22. The van der Waals surface area contributed by atoms with Crippen LogP contribution in [0.1, 0.15) is 36.2 Å². The Kier molecular flexibility index (Phi) is 4.61. The van der Waals surface area contributed by atoms with Crippen molar-refractivity contribution in [2.75, 3.05) is 6.54 Å². The van der Waals surface area contributed by atoms with Crippen LogP contribution in [0.4, 0.5) is 0 Å². The molecule has 0 aromatic heterocycles. The molecular weight excluding hydrogens is 252 g/mol. The number of carbonyl (C=O) groups excluding carboxylic acids is 1. The Morgan fingerprint density at radius 2 is 2.25 bits per heavy atom. The summed E-state index contributed by atoms with van der Waals surface area (Å²) in [6, 6.07) is 7.80. The van der Waals surface area contributed by atoms with E-state index in [4.69, 9.17) is 5.73 Å². The highest BCUT2D eigenvalue weighted by atomic mass is 16.1. The number of nitrogens with zero attached hydrogens (tertiary/aromatic N) is 1. The monoisotopic (exact) mass is 274 g/mol. The first-order valence-corrected chi connectivity index (χ1v) is 7.03. The van der Waals surface area contributed by atoms with E-state index in [2.05, 4.69) is 22.5 Å². The summed E-state index contributed by atoms with van der Waals surface area (Å²) in [7, 11) is 0. The number of hydrogen-bond donors (Lipinski definition) is 3. The molecule has 1 aromatic rings. The number of carbonyl (C=O) groups is 1. The first kappa shape index (κ1) is 14.4. The molecular formula is C15H22N4O. The first-order chi connectivity index (χ1) is 9.60. The van der Waals surface area contributed by atoms with Gasteiger partial charge in [0.1, 0.15) is 0 Å². The Bertz CT molecular complexity index is 512. The van der Waals surface area contributed by atoms with Crippen LogP contribution in [0.2, 0.25) is 0 Å². The van der Waals surface area contributed by atoms with Gasteiger partial charge in [0.25, 0.3) is 0 Å². The summed E-state index contributed by atoms with van der Waals surface area (Å²) in [5.74, 6) is 1.14. The minimum atomic E-state index is -0.410. The minimum absolute atomic E-state index is 0.410. The number of benzene rings is 1. The Balaban J connectivity index is 2.00. The van der Waals surface area contributed by atoms with Crippen molar-refractivity contribution in [3.8, 4) is 0 Å². The van der Waals surface area contributed by atoms with Gasteiger partial charge in [-0.3, -0.25) is 4.79 Å². The third-order valence-corrected chi connectivity index (χ3v) is 3.41. The fraction of sp³-hybridized carbons (Fsp3) is 0.467. The molecule has 4 N–H and O–H groups in total. The summed E-state index contributed by atoms with van der Waals surface area (Å²) >= 11 is 0. The SMILES string of the molecule is CCNC(=NCc1cccc(C(N)=O)c1)NC1CC1C. The molecule has 1 aliphatic carbocycles. The summed E-state index contributed by atoms with van der Waals surface area (Å²) < 4.78 is 0. The van der Waals surface area contributed by atoms with Gasteiger partial charge in [-0.2, -0.15) is 0 Å². The quantitative estimate of drug-likeness (QED) is 0.558. The lowest BCUT2D eigenvalue weighted by Crippen LogP contribution is -2.39. The average Bonchev–Trinajstić information content (AvgIpc) is 3.12. The Morgan fingerprint density at radius 3 is 2.85 bits per heavy atom. The number of rotatable bonds is 5. The smallest absolute Gasteiger partial charge is 0.248 e. The van der Waals surface area contributed by atoms with Gasteiger partial charge >= 0.3 is 0 Å². The van der Waals surface area contributed by atoms with E-state index in [-0.39, 0.29) is 0 Å². The van der Waals surface area contributed by atoms with Gasteiger partial charge in [0.2, 0.25) is 5.91 Å². The molecule has 20 heavy (non-hydrogen) atoms. The molecule has 0 aliphatic heterocycles. The summed E-state index contributed by atoms with van der Waals surface area (Å²) in [6.45, 7) is 5.62. The lowest BCUT2D eigenvalue weighted by molar-refractivity contribution is 0.1000. The van der Waals surface area contributed by atoms with E-state index in [1.54, 1.807) is 12.1 Å². The molecule has 2 unspecified atom stereocenters. The van der Waals surface area contributed by atoms with E-state index in [0.29, 0.717) is 18.2 Å². The van der Waals surface area contributed by atoms with Crippen LogP contribution in [-0.4, -0.2) is 24.5 Å². The average molecular weight is 274 g/mol. The van der Waals surface area contributed by atoms with Gasteiger partial charge in [-0.1, -0.05) is 19.1 Å². The highest BCUT2D eigenvalue weighted by Gasteiger charge is 2.33. The lowest BCUT2D eigenvalue weighted by atomic mass is 10.1. The lowest BCUT2D eigenvalue weighted by Gasteiger charge is -2.10. The van der Waals surface area contributed by atoms with E-state index < -0.39 is 5.91 Å². The molecule has 0 saturated heterocycles. The van der Waals surface area contributed by atoms with Crippen molar-refractivity contribution in [1.29, 1.82) is 0 Å². The van der Waals surface area contributed by atoms with Crippen molar-refractivity contribution >= 4 is 11.9 Å². The van der Waals surface area contributed by atoms with E-state index in [1.165, 1.54) is 6.42 Å². The normalized spacial score (nSPS) is 21.4. The fourth-order valence-electron chi connectivity index (χ4n) is 2.01. The third kappa shape index (κ3) is 3.98. The van der Waals surface area contributed by atoms with E-state index in [0.717, 1.165) is 24.0 Å². The van der Waals surface area contributed by atoms with Gasteiger partial charge < -0.3 is 16.4 Å². The topological polar surface area (TPSA) is 79.5 Å². The second kappa shape index (κ2) is 6.41. The van der Waals surface area contributed by atoms with E-state index in [9.17, 15) is 4.79 Å². The molecule has 2 rings (SSSR count). The van der Waals surface area contributed by atoms with Crippen molar-refractivity contribution in [2.45, 2.75) is 32.9 Å². The summed E-state index contributed by atoms with van der Waals surface area (Å²) in [6.07, 6.45) is 1.20. The van der Waals surface area contributed by atoms with Crippen LogP contribution in [0.3, 0.4) is 0 Å². The van der Waals surface area contributed by atoms with Crippen molar-refractivity contribution in [3.05, 3.63) is 35.4 Å². The number of aliphatic imine (C=N–C) groups is 1. The van der Waals surface area contributed by atoms with E-state index in [1.807, 2.05) is 19.1 Å². The molecule has 2 atom stereocenters. The zero-order valence-corrected chi connectivity index (χ0v) is 12.0. The number of guanidine groups is 1. The maximum Gasteiger partial charge on any atom is 0.248 e. The van der Waals surface area contributed by atoms with Gasteiger partial charge in [0.05, 0.1) is 6.54 Å². The predicted molar refractivity (Wildman–Crippen MR) is 80.5 cm³/mol. The predicted octanol–water partition coefficient (Wildman–Crippen LogP) is 1.25. The Labute approximate surface area is 119 Å². The van der Waals surface area contributed by atoms with Crippen molar-refractivity contribution < 1.29 is 4.79 Å². The minimum Gasteiger partial charge on any atom is -0.366 e. The van der Waals surface area contributed by atoms with Crippen molar-refractivity contribution in [1.82, 2.24) is 10.6 Å². The molecule has 108 valence electrons. The Hall–Kier alpha value is -2.04. The fourth-order valence-corrected chi connectivity index (χ4v) is 2.01. The number of nitrogens with one attached hydrogen (secondary N) is 2. The van der Waals surface area contributed by atoms with Crippen LogP contribution >= 0.6 is 0 Å². The van der Waals surface area contributed by atoms with Crippen LogP contribution < -0.4 is 16.4 Å². The molecule has 5 nitrogen and oxygen atoms in total. The summed E-state index contributed by atoms with van der Waals surface area (Å²) in [5, 5.41) is 6.63. The molecule has 1 fully saturated rings. The zero-order chi connectivity index (χ0) is 14.5. The van der Waals surface area contributed by atoms with Crippen molar-refractivity contribution in [2.24, 2.45) is 16.6 Å². The third-order valence-electron chi connectivity index (χ3n) is 3.41. The van der Waals surface area contributed by atoms with Crippen LogP contribution in [0, 0.1) is 5.92 Å². The summed E-state index contributed by atoms with van der Waals surface area (Å²) in [5.41, 5.74) is 6.77. The van der Waals surface area contributed by atoms with Gasteiger partial charge in [0.15, 0.2) is 5.96 Å². The molecule has 0 heterocycles. The molecule has 1 amide bonds. The number of primary amides is 1. The molecule has 0 radical (unpaired) electrons. The van der Waals surface area contributed by atoms with Crippen LogP contribution in [-0.2, 0) is 6.54 Å². The number of nitrogens with two attached hydrogens (primary N) is 1. The maximum absolute atomic E-state index is 11.1. The second-order valence-corrected chi connectivity index (χ2v) is 5.22. The molecule has 0 bridgehead atoms. The molecule has 1 saturated carbocycles. The largest absolute Gasteiger partial charge is 0.366 e. The Morgan fingerprint density at radius 1 is 1.50 bits per heavy atom. The molecule has 1 aromatic carbocycles. The molecule has 1 aliphatic rings. The number of hydrogen-bond acceptors (Lipinski definition) is 2. The van der Waals surface area contributed by atoms with Gasteiger partial charge in [0, 0.05) is 18.2 Å². The molecule has 5 heteroatoms. The summed E-state index contributed by atoms with van der Waals surface area (Å²) in [4.78, 5) is 15.7. The van der Waals surface area contributed by atoms with E-state index >= 15 is 0 Å². The zero-order valence-electron chi connectivity index (χ0n) is 12.0. The maximum atomic E-state index is 11.1. The standard InChI is InChI=1S/C15H22N4O/c1-3-17-15(19-13-7-10(13)2)18-9-11-5-4-6-12(8-11)14(16)20/h4-6,8,10,13H,3,7,9H2,1-2H3,(H2,16,20)(H2,17,18,19).